The van der Waals surface area contributed by atoms with Crippen LogP contribution in [-0.4, -0.2) is 38.2 Å². The van der Waals surface area contributed by atoms with Crippen LogP contribution in [0.1, 0.15) is 78.1 Å². The highest BCUT2D eigenvalue weighted by molar-refractivity contribution is 5.75. The first-order valence-electron chi connectivity index (χ1n) is 9.14. The fourth-order valence-corrected chi connectivity index (χ4v) is 2.26. The van der Waals surface area contributed by atoms with E-state index in [9.17, 15) is 9.59 Å². The third-order valence-electron chi connectivity index (χ3n) is 3.58. The van der Waals surface area contributed by atoms with Gasteiger partial charge in [-0.3, -0.25) is 9.59 Å². The largest absolute Gasteiger partial charge is 0.463 e. The van der Waals surface area contributed by atoms with Crippen molar-refractivity contribution in [2.45, 2.75) is 78.1 Å². The quantitative estimate of drug-likeness (QED) is 0.347. The summed E-state index contributed by atoms with van der Waals surface area (Å²) in [6.45, 7) is 5.57. The van der Waals surface area contributed by atoms with Crippen LogP contribution in [0.15, 0.2) is 0 Å². The van der Waals surface area contributed by atoms with Crippen LogP contribution in [0.25, 0.3) is 0 Å². The fourth-order valence-electron chi connectivity index (χ4n) is 2.26. The van der Waals surface area contributed by atoms with Gasteiger partial charge in [0, 0.05) is 26.5 Å². The molecule has 136 valence electrons. The van der Waals surface area contributed by atoms with E-state index in [-0.39, 0.29) is 18.5 Å². The first kappa shape index (κ1) is 21.9. The minimum absolute atomic E-state index is 0.0940. The Morgan fingerprint density at radius 3 is 2.13 bits per heavy atom. The number of unbranched alkanes of at least 4 members (excludes halogenated alkanes) is 7. The minimum atomic E-state index is -0.297. The van der Waals surface area contributed by atoms with Crippen molar-refractivity contribution in [3.05, 3.63) is 0 Å². The van der Waals surface area contributed by atoms with Crippen LogP contribution < -0.4 is 5.32 Å². The predicted octanol–water partition coefficient (Wildman–Crippen LogP) is 3.60. The number of amides is 1. The normalized spacial score (nSPS) is 10.5. The van der Waals surface area contributed by atoms with Gasteiger partial charge >= 0.3 is 5.97 Å². The Kier molecular flexibility index (Phi) is 16.4. The van der Waals surface area contributed by atoms with Crippen LogP contribution in [0, 0.1) is 0 Å². The number of ether oxygens (including phenoxy) is 2. The topological polar surface area (TPSA) is 64.6 Å². The maximum absolute atomic E-state index is 11.6. The highest BCUT2D eigenvalue weighted by Gasteiger charge is 2.01. The summed E-state index contributed by atoms with van der Waals surface area (Å²) in [5.41, 5.74) is 0. The predicted molar refractivity (Wildman–Crippen MR) is 92.3 cm³/mol. The van der Waals surface area contributed by atoms with Crippen molar-refractivity contribution in [1.29, 1.82) is 0 Å². The molecule has 0 fully saturated rings. The molecule has 0 spiro atoms. The Morgan fingerprint density at radius 2 is 1.48 bits per heavy atom. The molecule has 0 aliphatic heterocycles. The molecule has 0 aromatic rings. The Balaban J connectivity index is 3.17. The highest BCUT2D eigenvalue weighted by atomic mass is 16.6. The van der Waals surface area contributed by atoms with Crippen LogP contribution >= 0.6 is 0 Å². The van der Waals surface area contributed by atoms with Crippen LogP contribution in [-0.2, 0) is 19.1 Å². The summed E-state index contributed by atoms with van der Waals surface area (Å²) >= 11 is 0. The fraction of sp³-hybridized carbons (Fsp3) is 0.889. The molecule has 0 aliphatic rings. The molecule has 0 aliphatic carbocycles. The Labute approximate surface area is 141 Å². The lowest BCUT2D eigenvalue weighted by Crippen LogP contribution is -2.24. The van der Waals surface area contributed by atoms with Gasteiger partial charge in [-0.2, -0.15) is 0 Å². The SMILES string of the molecule is CCCCCCCCCCNC(=O)CCCOCCOC(C)=O. The highest BCUT2D eigenvalue weighted by Crippen LogP contribution is 2.07. The molecule has 0 radical (unpaired) electrons. The van der Waals surface area contributed by atoms with E-state index in [0.717, 1.165) is 13.0 Å². The minimum Gasteiger partial charge on any atom is -0.463 e. The summed E-state index contributed by atoms with van der Waals surface area (Å²) < 4.78 is 10.0. The summed E-state index contributed by atoms with van der Waals surface area (Å²) in [5.74, 6) is -0.203. The summed E-state index contributed by atoms with van der Waals surface area (Å²) in [5, 5.41) is 2.95. The monoisotopic (exact) mass is 329 g/mol. The van der Waals surface area contributed by atoms with E-state index < -0.39 is 0 Å². The Morgan fingerprint density at radius 1 is 0.826 bits per heavy atom. The summed E-state index contributed by atoms with van der Waals surface area (Å²) in [7, 11) is 0. The smallest absolute Gasteiger partial charge is 0.302 e. The second-order valence-electron chi connectivity index (χ2n) is 5.88. The summed E-state index contributed by atoms with van der Waals surface area (Å²) in [6, 6.07) is 0. The van der Waals surface area contributed by atoms with E-state index in [1.54, 1.807) is 0 Å². The van der Waals surface area contributed by atoms with Gasteiger partial charge in [0.2, 0.25) is 5.91 Å². The van der Waals surface area contributed by atoms with Crippen molar-refractivity contribution < 1.29 is 19.1 Å². The summed E-state index contributed by atoms with van der Waals surface area (Å²) in [4.78, 5) is 22.1. The van der Waals surface area contributed by atoms with Crippen LogP contribution in [0.2, 0.25) is 0 Å². The van der Waals surface area contributed by atoms with Gasteiger partial charge in [0.15, 0.2) is 0 Å². The molecule has 0 saturated heterocycles. The number of nitrogens with one attached hydrogen (secondary N) is 1. The maximum Gasteiger partial charge on any atom is 0.302 e. The van der Waals surface area contributed by atoms with E-state index >= 15 is 0 Å². The number of hydrogen-bond donors (Lipinski definition) is 1. The second kappa shape index (κ2) is 17.3. The van der Waals surface area contributed by atoms with Gasteiger partial charge in [-0.15, -0.1) is 0 Å². The van der Waals surface area contributed by atoms with Crippen molar-refractivity contribution in [3.8, 4) is 0 Å². The lowest BCUT2D eigenvalue weighted by molar-refractivity contribution is -0.142. The van der Waals surface area contributed by atoms with Gasteiger partial charge in [-0.05, 0) is 12.8 Å². The molecule has 0 atom stereocenters. The molecular formula is C18H35NO4. The molecule has 0 saturated carbocycles. The molecule has 5 heteroatoms. The van der Waals surface area contributed by atoms with E-state index in [4.69, 9.17) is 9.47 Å². The molecule has 1 N–H and O–H groups in total. The van der Waals surface area contributed by atoms with E-state index in [1.807, 2.05) is 0 Å². The zero-order valence-electron chi connectivity index (χ0n) is 15.0. The molecule has 0 aromatic heterocycles. The number of rotatable bonds is 16. The molecule has 0 rings (SSSR count). The van der Waals surface area contributed by atoms with Gasteiger partial charge < -0.3 is 14.8 Å². The van der Waals surface area contributed by atoms with Crippen molar-refractivity contribution in [3.63, 3.8) is 0 Å². The molecular weight excluding hydrogens is 294 g/mol. The lowest BCUT2D eigenvalue weighted by Gasteiger charge is -2.06. The Bertz CT molecular complexity index is 295. The van der Waals surface area contributed by atoms with E-state index in [1.165, 1.54) is 51.9 Å². The van der Waals surface area contributed by atoms with Crippen LogP contribution in [0.3, 0.4) is 0 Å². The average molecular weight is 329 g/mol. The van der Waals surface area contributed by atoms with Gasteiger partial charge in [-0.1, -0.05) is 51.9 Å². The molecule has 0 unspecified atom stereocenters. The molecule has 0 aromatic carbocycles. The van der Waals surface area contributed by atoms with E-state index in [2.05, 4.69) is 12.2 Å². The molecule has 0 bridgehead atoms. The third kappa shape index (κ3) is 18.9. The van der Waals surface area contributed by atoms with Gasteiger partial charge in [0.1, 0.15) is 6.61 Å². The molecule has 5 nitrogen and oxygen atoms in total. The first-order chi connectivity index (χ1) is 11.2. The zero-order chi connectivity index (χ0) is 17.2. The third-order valence-corrected chi connectivity index (χ3v) is 3.58. The van der Waals surface area contributed by atoms with Crippen molar-refractivity contribution >= 4 is 11.9 Å². The van der Waals surface area contributed by atoms with E-state index in [0.29, 0.717) is 26.1 Å². The standard InChI is InChI=1S/C18H35NO4/c1-3-4-5-6-7-8-9-10-13-19-18(21)12-11-14-22-15-16-23-17(2)20/h3-16H2,1-2H3,(H,19,21). The molecule has 23 heavy (non-hydrogen) atoms. The lowest BCUT2D eigenvalue weighted by atomic mass is 10.1. The molecule has 0 heterocycles. The van der Waals surface area contributed by atoms with Gasteiger partial charge in [0.05, 0.1) is 6.61 Å². The number of carbonyl (C=O) groups excluding carboxylic acids is 2. The second-order valence-corrected chi connectivity index (χ2v) is 5.88. The molecule has 1 amide bonds. The zero-order valence-corrected chi connectivity index (χ0v) is 15.0. The first-order valence-corrected chi connectivity index (χ1v) is 9.14. The number of hydrogen-bond acceptors (Lipinski definition) is 4. The average Bonchev–Trinajstić information content (AvgIpc) is 2.52. The maximum atomic E-state index is 11.6. The Hall–Kier alpha value is -1.10. The number of esters is 1. The number of carbonyl (C=O) groups is 2. The van der Waals surface area contributed by atoms with Crippen molar-refractivity contribution in [2.24, 2.45) is 0 Å². The van der Waals surface area contributed by atoms with Crippen LogP contribution in [0.5, 0.6) is 0 Å². The van der Waals surface area contributed by atoms with Crippen molar-refractivity contribution in [2.75, 3.05) is 26.4 Å². The van der Waals surface area contributed by atoms with Crippen LogP contribution in [0.4, 0.5) is 0 Å². The van der Waals surface area contributed by atoms with Gasteiger partial charge in [-0.25, -0.2) is 0 Å². The summed E-state index contributed by atoms with van der Waals surface area (Å²) in [6.07, 6.45) is 11.4. The van der Waals surface area contributed by atoms with Crippen molar-refractivity contribution in [1.82, 2.24) is 5.32 Å². The van der Waals surface area contributed by atoms with Gasteiger partial charge in [0.25, 0.3) is 0 Å².